The molecule has 0 unspecified atom stereocenters. The smallest absolute Gasteiger partial charge is 0.295 e. The number of nitrogen functional groups attached to an aromatic ring is 1. The second-order valence-electron chi connectivity index (χ2n) is 6.83. The van der Waals surface area contributed by atoms with Crippen LogP contribution in [-0.2, 0) is 26.1 Å². The number of nitrogens with two attached hydrogens (primary N) is 1. The summed E-state index contributed by atoms with van der Waals surface area (Å²) in [6, 6.07) is 0. The molecule has 0 amide bonds. The lowest BCUT2D eigenvalue weighted by molar-refractivity contribution is -0.690. The SMILES string of the molecule is Cc1nc(N)c(C[n+]2csc(CCO)c2C)c[nH+]1.Cc1ncc(CO)c(C[NH3+])c1O. The van der Waals surface area contributed by atoms with Crippen LogP contribution < -0.4 is 21.0 Å². The Labute approximate surface area is 179 Å². The number of anilines is 1. The highest BCUT2D eigenvalue weighted by Gasteiger charge is 2.19. The first-order valence-electron chi connectivity index (χ1n) is 9.59. The molecule has 0 fully saturated rings. The van der Waals surface area contributed by atoms with Gasteiger partial charge in [0.25, 0.3) is 11.6 Å². The first kappa shape index (κ1) is 23.6. The minimum absolute atomic E-state index is 0.105. The molecule has 0 saturated heterocycles. The van der Waals surface area contributed by atoms with Crippen LogP contribution in [0.3, 0.4) is 0 Å². The number of nitrogens with zero attached hydrogens (tertiary/aromatic N) is 3. The third-order valence-electron chi connectivity index (χ3n) is 4.76. The molecule has 3 aromatic rings. The summed E-state index contributed by atoms with van der Waals surface area (Å²) < 4.78 is 2.13. The molecule has 162 valence electrons. The standard InChI is InChI=1S/C12H17N4OS.C8H12N2O2/c1-8-11(3-4-17)18-7-16(8)6-10-5-14-9(2)15-12(10)13;1-5-8(12)7(2-9)6(4-11)3-10-5/h5,7,17H,3-4,6H2,1-2H3,(H2,13,14,15);3,11-12H,2,4,9H2,1H3/q+1;/p+2. The minimum atomic E-state index is -0.105. The summed E-state index contributed by atoms with van der Waals surface area (Å²) in [6.45, 7) is 6.89. The van der Waals surface area contributed by atoms with Crippen LogP contribution in [0.5, 0.6) is 5.75 Å². The first-order chi connectivity index (χ1) is 14.3. The Morgan fingerprint density at radius 2 is 1.97 bits per heavy atom. The van der Waals surface area contributed by atoms with Gasteiger partial charge in [-0.15, -0.1) is 0 Å². The number of aromatic hydroxyl groups is 1. The fourth-order valence-electron chi connectivity index (χ4n) is 2.91. The van der Waals surface area contributed by atoms with E-state index in [2.05, 4.69) is 37.7 Å². The van der Waals surface area contributed by atoms with Crippen LogP contribution in [0.15, 0.2) is 17.9 Å². The molecule has 0 aromatic carbocycles. The number of pyridine rings is 1. The van der Waals surface area contributed by atoms with Gasteiger partial charge in [-0.05, 0) is 11.9 Å². The van der Waals surface area contributed by atoms with Gasteiger partial charge in [0, 0.05) is 38.6 Å². The average Bonchev–Trinajstić information content (AvgIpc) is 3.06. The first-order valence-corrected chi connectivity index (χ1v) is 10.5. The lowest BCUT2D eigenvalue weighted by Gasteiger charge is -2.06. The maximum absolute atomic E-state index is 9.50. The number of aliphatic hydroxyl groups is 2. The number of hydrogen-bond donors (Lipinski definition) is 5. The molecule has 0 spiro atoms. The van der Waals surface area contributed by atoms with E-state index in [0.717, 1.165) is 11.4 Å². The van der Waals surface area contributed by atoms with Gasteiger partial charge in [0.1, 0.15) is 24.1 Å². The molecule has 0 aliphatic carbocycles. The Bertz CT molecular complexity index is 993. The monoisotopic (exact) mass is 435 g/mol. The van der Waals surface area contributed by atoms with Gasteiger partial charge in [-0.25, -0.2) is 4.98 Å². The number of quaternary nitrogens is 1. The predicted octanol–water partition coefficient (Wildman–Crippen LogP) is -0.643. The summed E-state index contributed by atoms with van der Waals surface area (Å²) in [4.78, 5) is 12.4. The summed E-state index contributed by atoms with van der Waals surface area (Å²) in [5.74, 6) is 1.52. The lowest BCUT2D eigenvalue weighted by atomic mass is 10.1. The van der Waals surface area contributed by atoms with Crippen molar-refractivity contribution in [3.05, 3.63) is 56.7 Å². The lowest BCUT2D eigenvalue weighted by Crippen LogP contribution is -2.47. The number of nitrogens with one attached hydrogen (secondary N) is 1. The second-order valence-corrected chi connectivity index (χ2v) is 7.77. The Balaban J connectivity index is 0.000000232. The minimum Gasteiger partial charge on any atom is -0.506 e. The topological polar surface area (TPSA) is 158 Å². The molecular weight excluding hydrogens is 404 g/mol. The normalized spacial score (nSPS) is 10.6. The third kappa shape index (κ3) is 5.70. The number of rotatable bonds is 6. The second kappa shape index (κ2) is 10.9. The third-order valence-corrected chi connectivity index (χ3v) is 5.90. The van der Waals surface area contributed by atoms with Crippen LogP contribution in [0.1, 0.15) is 38.8 Å². The number of H-pyrrole nitrogens is 1. The zero-order valence-electron chi connectivity index (χ0n) is 17.6. The van der Waals surface area contributed by atoms with Crippen molar-refractivity contribution in [1.29, 1.82) is 0 Å². The average molecular weight is 436 g/mol. The zero-order valence-corrected chi connectivity index (χ0v) is 18.5. The quantitative estimate of drug-likeness (QED) is 0.324. The highest BCUT2D eigenvalue weighted by molar-refractivity contribution is 7.09. The van der Waals surface area contributed by atoms with Gasteiger partial charge in [0.15, 0.2) is 12.2 Å². The van der Waals surface area contributed by atoms with Gasteiger partial charge in [-0.1, -0.05) is 11.3 Å². The molecule has 0 atom stereocenters. The van der Waals surface area contributed by atoms with E-state index in [0.29, 0.717) is 42.1 Å². The summed E-state index contributed by atoms with van der Waals surface area (Å²) >= 11 is 1.66. The molecular formula is C20H31N6O3S+3. The predicted molar refractivity (Wildman–Crippen MR) is 112 cm³/mol. The van der Waals surface area contributed by atoms with Gasteiger partial charge < -0.3 is 26.8 Å². The molecule has 3 aromatic heterocycles. The molecule has 0 aliphatic rings. The van der Waals surface area contributed by atoms with Crippen LogP contribution in [0.4, 0.5) is 5.82 Å². The van der Waals surface area contributed by atoms with E-state index >= 15 is 0 Å². The van der Waals surface area contributed by atoms with Crippen molar-refractivity contribution in [2.75, 3.05) is 12.3 Å². The van der Waals surface area contributed by atoms with Gasteiger partial charge in [0.2, 0.25) is 5.51 Å². The maximum Gasteiger partial charge on any atom is 0.295 e. The van der Waals surface area contributed by atoms with Crippen molar-refractivity contribution in [1.82, 2.24) is 9.97 Å². The van der Waals surface area contributed by atoms with E-state index in [1.165, 1.54) is 10.6 Å². The molecule has 0 saturated carbocycles. The van der Waals surface area contributed by atoms with Crippen LogP contribution in [0.25, 0.3) is 0 Å². The van der Waals surface area contributed by atoms with Crippen LogP contribution in [0, 0.1) is 20.8 Å². The van der Waals surface area contributed by atoms with E-state index in [-0.39, 0.29) is 19.0 Å². The summed E-state index contributed by atoms with van der Waals surface area (Å²) in [7, 11) is 0. The summed E-state index contributed by atoms with van der Waals surface area (Å²) in [5, 5.41) is 27.4. The van der Waals surface area contributed by atoms with Crippen LogP contribution in [-0.4, -0.2) is 31.9 Å². The number of hydrogen-bond acceptors (Lipinski definition) is 7. The fourth-order valence-corrected chi connectivity index (χ4v) is 3.89. The Kier molecular flexibility index (Phi) is 8.60. The maximum atomic E-state index is 9.50. The molecule has 9 N–H and O–H groups in total. The Morgan fingerprint density at radius 3 is 2.57 bits per heavy atom. The largest absolute Gasteiger partial charge is 0.506 e. The van der Waals surface area contributed by atoms with Gasteiger partial charge in [0.05, 0.1) is 22.7 Å². The van der Waals surface area contributed by atoms with Gasteiger partial charge in [-0.3, -0.25) is 4.98 Å². The van der Waals surface area contributed by atoms with Crippen molar-refractivity contribution in [2.24, 2.45) is 0 Å². The van der Waals surface area contributed by atoms with E-state index in [1.807, 2.05) is 13.1 Å². The number of aliphatic hydroxyl groups excluding tert-OH is 2. The molecule has 10 heteroatoms. The summed E-state index contributed by atoms with van der Waals surface area (Å²) in [6.07, 6.45) is 4.17. The van der Waals surface area contributed by atoms with Gasteiger partial charge in [-0.2, -0.15) is 4.57 Å². The zero-order chi connectivity index (χ0) is 22.3. The van der Waals surface area contributed by atoms with Crippen LogP contribution >= 0.6 is 11.3 Å². The van der Waals surface area contributed by atoms with Crippen molar-refractivity contribution in [3.63, 3.8) is 0 Å². The van der Waals surface area contributed by atoms with E-state index in [9.17, 15) is 5.11 Å². The summed E-state index contributed by atoms with van der Waals surface area (Å²) in [5.41, 5.74) is 15.7. The van der Waals surface area contributed by atoms with E-state index < -0.39 is 0 Å². The van der Waals surface area contributed by atoms with Crippen molar-refractivity contribution in [3.8, 4) is 5.75 Å². The van der Waals surface area contributed by atoms with Gasteiger partial charge >= 0.3 is 0 Å². The molecule has 0 radical (unpaired) electrons. The number of aromatic amines is 1. The van der Waals surface area contributed by atoms with Crippen molar-refractivity contribution < 1.29 is 30.6 Å². The molecule has 0 bridgehead atoms. The molecule has 30 heavy (non-hydrogen) atoms. The van der Waals surface area contributed by atoms with E-state index in [4.69, 9.17) is 15.9 Å². The molecule has 3 heterocycles. The highest BCUT2D eigenvalue weighted by atomic mass is 32.1. The number of thiazole rings is 1. The molecule has 3 rings (SSSR count). The Hall–Kier alpha value is -2.66. The number of aryl methyl sites for hydroxylation is 2. The number of aromatic nitrogens is 4. The van der Waals surface area contributed by atoms with E-state index in [1.54, 1.807) is 24.5 Å². The van der Waals surface area contributed by atoms with Crippen molar-refractivity contribution in [2.45, 2.75) is 46.9 Å². The van der Waals surface area contributed by atoms with Crippen molar-refractivity contribution >= 4 is 17.2 Å². The fraction of sp³-hybridized carbons (Fsp3) is 0.400. The highest BCUT2D eigenvalue weighted by Crippen LogP contribution is 2.22. The van der Waals surface area contributed by atoms with Crippen LogP contribution in [0.2, 0.25) is 0 Å². The molecule has 9 nitrogen and oxygen atoms in total. The Morgan fingerprint density at radius 1 is 1.23 bits per heavy atom. The molecule has 0 aliphatic heterocycles.